The normalized spacial score (nSPS) is 10.1. The second-order valence-electron chi connectivity index (χ2n) is 29.8. The second-order valence-corrected chi connectivity index (χ2v) is 40.4. The van der Waals surface area contributed by atoms with Crippen molar-refractivity contribution in [2.24, 2.45) is 0 Å². The van der Waals surface area contributed by atoms with Crippen molar-refractivity contribution >= 4 is 325 Å². The van der Waals surface area contributed by atoms with E-state index in [1.54, 1.807) is 48.5 Å². The fraction of sp³-hybridized carbons (Fsp3) is 0.0354. The maximum Gasteiger partial charge on any atom is 0.488 e. The van der Waals surface area contributed by atoms with Gasteiger partial charge in [0.25, 0.3) is 0 Å². The van der Waals surface area contributed by atoms with E-state index in [1.165, 1.54) is 87.9 Å². The monoisotopic (exact) mass is 2400 g/mol. The molecule has 0 atom stereocenters. The van der Waals surface area contributed by atoms with Crippen LogP contribution in [0.15, 0.2) is 487 Å². The molecule has 0 saturated heterocycles. The number of aromatic nitrogens is 4. The summed E-state index contributed by atoms with van der Waals surface area (Å²) in [4.78, 5) is 33.3. The summed E-state index contributed by atoms with van der Waals surface area (Å²) in [5.74, 6) is -1.01. The molecule has 3 N–H and O–H groups in total. The van der Waals surface area contributed by atoms with Crippen LogP contribution in [0.5, 0.6) is 0 Å². The molecule has 712 valence electrons. The van der Waals surface area contributed by atoms with Gasteiger partial charge in [0.05, 0.1) is 9.85 Å². The van der Waals surface area contributed by atoms with Crippen molar-refractivity contribution in [1.82, 2.24) is 20.6 Å². The quantitative estimate of drug-likeness (QED) is 0.0151. The zero-order valence-corrected chi connectivity index (χ0v) is 96.6. The van der Waals surface area contributed by atoms with Gasteiger partial charge in [-0.1, -0.05) is 463 Å². The fourth-order valence-electron chi connectivity index (χ4n) is 14.6. The molecule has 0 fully saturated rings. The van der Waals surface area contributed by atoms with E-state index in [1.807, 2.05) is 36.4 Å². The van der Waals surface area contributed by atoms with Gasteiger partial charge in [-0.25, -0.2) is 23.3 Å². The first kappa shape index (κ1) is 119. The van der Waals surface area contributed by atoms with Crippen LogP contribution in [0.3, 0.4) is 0 Å². The standard InChI is InChI=1S/C19H11ClFN3O3.4C18H15P.C13H6BrClFN3O3.C6H7BO2.CHO3.2CH4.2Cs.Pd/c20-14-7-11(8-15(21)10-14)6-13-9-16(12-4-2-1-3-5-12)17-18(23-27-22-17)19(13)24(25)26;4*1-4-10-16(11-5-1)19(17-12-6-2-7-13-17)18-14-8-3-9-15-18;14-10-4-7(1-6-2-8(15)5-9(16)3-6)13(19(20)21)12-11(10)17-22-18-12;8-7(9)6-4-2-1-3-5-6;2-1-4-3;;;;;/h1-5,7-10H,6H2;4*1-15H;2-5H,1H2;1-5,8-9H;3H;2*1H4;;;/q;;;;;;;-1;;;;;. The minimum Gasteiger partial charge on any atom is -0.509 e. The van der Waals surface area contributed by atoms with Crippen LogP contribution in [0.4, 0.5) is 20.2 Å². The molecule has 0 aliphatic rings. The Bertz CT molecular complexity index is 6280. The largest absolute Gasteiger partial charge is 0.509 e. The van der Waals surface area contributed by atoms with Crippen molar-refractivity contribution < 1.29 is 73.3 Å². The molecule has 20 aromatic rings. The molecule has 2 aromatic heterocycles. The number of nitro benzene ring substituents is 2. The van der Waals surface area contributed by atoms with Crippen molar-refractivity contribution in [3.05, 3.63) is 542 Å². The van der Waals surface area contributed by atoms with Crippen LogP contribution in [0.25, 0.3) is 33.2 Å². The predicted octanol–water partition coefficient (Wildman–Crippen LogP) is 22.7. The van der Waals surface area contributed by atoms with Crippen LogP contribution in [-0.4, -0.2) is 197 Å². The number of hydrogen-bond acceptors (Lipinski definition) is 15. The molecule has 0 unspecified atom stereocenters. The summed E-state index contributed by atoms with van der Waals surface area (Å²) in [5.41, 5.74) is 3.93. The van der Waals surface area contributed by atoms with Gasteiger partial charge in [-0.15, -0.1) is 0 Å². The van der Waals surface area contributed by atoms with Gasteiger partial charge in [-0.05, 0) is 209 Å². The number of nitrogens with zero attached hydrogens (tertiary/aromatic N) is 6. The number of halogens is 5. The zero-order valence-electron chi connectivity index (χ0n) is 75.8. The molecule has 0 spiro atoms. The van der Waals surface area contributed by atoms with E-state index in [4.69, 9.17) is 47.9 Å². The van der Waals surface area contributed by atoms with Crippen LogP contribution >= 0.6 is 70.8 Å². The van der Waals surface area contributed by atoms with Gasteiger partial charge >= 0.3 is 18.5 Å². The number of benzene rings is 18. The van der Waals surface area contributed by atoms with Gasteiger partial charge < -0.3 is 19.7 Å². The summed E-state index contributed by atoms with van der Waals surface area (Å²) in [7, 11) is -3.13. The van der Waals surface area contributed by atoms with Gasteiger partial charge in [0.1, 0.15) is 17.2 Å². The number of nitro groups is 2. The third kappa shape index (κ3) is 35.6. The Morgan fingerprint density at radius 3 is 0.769 bits per heavy atom. The van der Waals surface area contributed by atoms with Crippen molar-refractivity contribution in [2.45, 2.75) is 27.7 Å². The molecule has 0 aliphatic carbocycles. The average molecular weight is 2410 g/mol. The first-order valence-corrected chi connectivity index (χ1v) is 49.8. The van der Waals surface area contributed by atoms with Gasteiger partial charge in [0.15, 0.2) is 5.52 Å². The molecule has 2 heterocycles. The molecule has 0 aliphatic heterocycles. The number of hydrogen-bond donors (Lipinski definition) is 3. The first-order chi connectivity index (χ1) is 67.5. The van der Waals surface area contributed by atoms with E-state index < -0.39 is 60.3 Å². The maximum absolute atomic E-state index is 13.7. The van der Waals surface area contributed by atoms with Gasteiger partial charge in [0.2, 0.25) is 11.0 Å². The molecular formula is C113H93BBrCl2Cs2F2N6O11P4Pd-. The maximum atomic E-state index is 13.7. The molecular weight excluding hydrogens is 2310 g/mol. The second kappa shape index (κ2) is 63.7. The van der Waals surface area contributed by atoms with E-state index >= 15 is 0 Å². The van der Waals surface area contributed by atoms with Crippen LogP contribution in [-0.2, 0) is 42.9 Å². The van der Waals surface area contributed by atoms with E-state index in [-0.39, 0.29) is 224 Å². The molecule has 143 heavy (non-hydrogen) atoms. The fourth-order valence-corrected chi connectivity index (χ4v) is 24.9. The van der Waals surface area contributed by atoms with Gasteiger partial charge in [-0.2, -0.15) is 0 Å². The van der Waals surface area contributed by atoms with E-state index in [0.717, 1.165) is 12.0 Å². The van der Waals surface area contributed by atoms with Gasteiger partial charge in [0, 0.05) is 202 Å². The average Bonchev–Trinajstić information content (AvgIpc) is 1.66. The number of fused-ring (bicyclic) bond motifs is 2. The van der Waals surface area contributed by atoms with Crippen LogP contribution in [0, 0.1) is 31.9 Å². The summed E-state index contributed by atoms with van der Waals surface area (Å²) >= 11 is 15.0. The van der Waals surface area contributed by atoms with Crippen LogP contribution < -0.4 is 69.1 Å². The van der Waals surface area contributed by atoms with E-state index in [0.29, 0.717) is 43.3 Å². The Morgan fingerprint density at radius 2 is 0.552 bits per heavy atom. The topological polar surface area (TPSA) is 251 Å². The van der Waals surface area contributed by atoms with Crippen LogP contribution in [0.1, 0.15) is 37.1 Å². The van der Waals surface area contributed by atoms with Crippen molar-refractivity contribution in [1.29, 1.82) is 0 Å². The Kier molecular flexibility index (Phi) is 52.8. The Labute approximate surface area is 985 Å². The Morgan fingerprint density at radius 1 is 0.343 bits per heavy atom. The molecule has 2 radical (unpaired) electrons. The smallest absolute Gasteiger partial charge is 0.488 e. The molecule has 18 aromatic carbocycles. The molecule has 30 heteroatoms. The molecule has 0 bridgehead atoms. The van der Waals surface area contributed by atoms with E-state index in [9.17, 15) is 29.0 Å². The molecule has 0 amide bonds. The summed E-state index contributed by atoms with van der Waals surface area (Å²) in [5, 5.41) is 79.2. The third-order valence-electron chi connectivity index (χ3n) is 20.5. The summed E-state index contributed by atoms with van der Waals surface area (Å²) < 4.78 is 36.9. The predicted molar refractivity (Wildman–Crippen MR) is 590 cm³/mol. The Balaban J connectivity index is 0.000000204. The molecule has 20 rings (SSSR count). The van der Waals surface area contributed by atoms with Crippen molar-refractivity contribution in [2.75, 3.05) is 0 Å². The molecule has 17 nitrogen and oxygen atoms in total. The van der Waals surface area contributed by atoms with Gasteiger partial charge in [-0.3, -0.25) is 20.2 Å². The van der Waals surface area contributed by atoms with Crippen molar-refractivity contribution in [3.8, 4) is 11.1 Å². The van der Waals surface area contributed by atoms with E-state index in [2.05, 4.69) is 410 Å². The SMILES string of the molecule is C.C.O=[C-]OO.O=[N+]([O-])c1c(Cc2cc(F)cc(Cl)c2)cc(-c2ccccc2)c2nonc12.O=[N+]([O-])c1c(Cc2cc(F)cc(Cl)c2)cc(Br)c2nonc12.OB(O)c1ccccc1.[Cs].[Cs].[Pd].c1ccc(P(c2ccccc2)c2ccccc2)cc1.c1ccc(P(c2ccccc2)c2ccccc2)cc1.c1ccc(P(c2ccccc2)c2ccccc2)cc1.c1ccc(P(c2ccccc2)c2ccccc2)cc1. The Hall–Kier alpha value is -9.62. The summed E-state index contributed by atoms with van der Waals surface area (Å²) in [6.45, 7) is 0.736. The zero-order chi connectivity index (χ0) is 96.6. The first-order valence-electron chi connectivity index (χ1n) is 42.9. The number of rotatable bonds is 21. The third-order valence-corrected chi connectivity index (χ3v) is 31.3. The summed E-state index contributed by atoms with van der Waals surface area (Å²) in [6.07, 6.45) is 0.228. The molecule has 0 saturated carbocycles. The minimum absolute atomic E-state index is 0. The summed E-state index contributed by atoms with van der Waals surface area (Å²) in [6, 6.07) is 158. The van der Waals surface area contributed by atoms with Crippen LogP contribution in [0.2, 0.25) is 10.0 Å². The minimum atomic E-state index is -1.34. The van der Waals surface area contributed by atoms with Crippen molar-refractivity contribution in [3.63, 3.8) is 0 Å². The number of carbonyl (C=O) groups excluding carboxylic acids is 1.